The van der Waals surface area contributed by atoms with Gasteiger partial charge in [-0.25, -0.2) is 19.6 Å². The molecule has 1 unspecified atom stereocenters. The van der Waals surface area contributed by atoms with E-state index in [2.05, 4.69) is 40.9 Å². The summed E-state index contributed by atoms with van der Waals surface area (Å²) >= 11 is 0. The molecule has 0 spiro atoms. The highest BCUT2D eigenvalue weighted by molar-refractivity contribution is 6.08. The number of hydrogen-bond acceptors (Lipinski definition) is 9. The van der Waals surface area contributed by atoms with E-state index in [0.29, 0.717) is 16.5 Å². The van der Waals surface area contributed by atoms with Gasteiger partial charge in [0.2, 0.25) is 17.7 Å². The van der Waals surface area contributed by atoms with Gasteiger partial charge in [0.25, 0.3) is 0 Å². The third-order valence-corrected chi connectivity index (χ3v) is 6.27. The molecule has 38 heavy (non-hydrogen) atoms. The van der Waals surface area contributed by atoms with E-state index in [0.717, 1.165) is 4.68 Å². The largest absolute Gasteiger partial charge is 0.453 e. The lowest BCUT2D eigenvalue weighted by Gasteiger charge is -2.19. The van der Waals surface area contributed by atoms with Gasteiger partial charge < -0.3 is 15.1 Å². The number of aryl methyl sites for hydroxylation is 3. The van der Waals surface area contributed by atoms with Crippen molar-refractivity contribution in [2.75, 3.05) is 17.7 Å². The maximum Gasteiger partial charge on any atom is 0.453 e. The van der Waals surface area contributed by atoms with Crippen LogP contribution in [0.4, 0.5) is 33.6 Å². The van der Waals surface area contributed by atoms with E-state index in [1.54, 1.807) is 33.9 Å². The minimum Gasteiger partial charge on any atom is -0.424 e. The molecule has 0 radical (unpaired) electrons. The van der Waals surface area contributed by atoms with E-state index in [1.165, 1.54) is 6.20 Å². The molecule has 4 aromatic heterocycles. The van der Waals surface area contributed by atoms with Crippen LogP contribution in [-0.4, -0.2) is 60.0 Å². The second-order valence-corrected chi connectivity index (χ2v) is 8.98. The Bertz CT molecular complexity index is 1580. The Morgan fingerprint density at radius 3 is 2.53 bits per heavy atom. The first-order valence-electron chi connectivity index (χ1n) is 11.3. The Morgan fingerprint density at radius 2 is 1.89 bits per heavy atom. The summed E-state index contributed by atoms with van der Waals surface area (Å²) in [5.41, 5.74) is -0.242. The van der Waals surface area contributed by atoms with Crippen molar-refractivity contribution < 1.29 is 31.2 Å². The molecule has 0 fully saturated rings. The van der Waals surface area contributed by atoms with Crippen molar-refractivity contribution in [3.8, 4) is 11.5 Å². The summed E-state index contributed by atoms with van der Waals surface area (Å²) in [5, 5.41) is 18.0. The highest BCUT2D eigenvalue weighted by Crippen LogP contribution is 2.45. The lowest BCUT2D eigenvalue weighted by atomic mass is 9.84. The molecule has 0 saturated heterocycles. The van der Waals surface area contributed by atoms with Gasteiger partial charge in [-0.05, 0) is 25.5 Å². The van der Waals surface area contributed by atoms with Crippen LogP contribution in [0.1, 0.15) is 36.3 Å². The van der Waals surface area contributed by atoms with E-state index in [4.69, 9.17) is 4.42 Å². The molecule has 4 aromatic rings. The summed E-state index contributed by atoms with van der Waals surface area (Å²) in [7, 11) is 1.57. The minimum absolute atomic E-state index is 0.0157. The number of pyridine rings is 1. The van der Waals surface area contributed by atoms with Gasteiger partial charge in [0.1, 0.15) is 17.3 Å². The lowest BCUT2D eigenvalue weighted by Crippen LogP contribution is -2.37. The van der Waals surface area contributed by atoms with Crippen molar-refractivity contribution in [3.63, 3.8) is 0 Å². The normalized spacial score (nSPS) is 17.7. The van der Waals surface area contributed by atoms with E-state index in [-0.39, 0.29) is 40.6 Å². The molecule has 200 valence electrons. The first-order chi connectivity index (χ1) is 17.8. The fourth-order valence-corrected chi connectivity index (χ4v) is 4.23. The summed E-state index contributed by atoms with van der Waals surface area (Å²) < 4.78 is 72.0. The molecule has 0 aromatic carbocycles. The van der Waals surface area contributed by atoms with Crippen molar-refractivity contribution in [3.05, 3.63) is 35.2 Å². The number of alkyl halides is 5. The van der Waals surface area contributed by atoms with Gasteiger partial charge >= 0.3 is 12.1 Å². The van der Waals surface area contributed by atoms with Gasteiger partial charge in [-0.15, -0.1) is 10.2 Å². The molecular formula is C22H20F5N9O2. The number of nitrogens with zero attached hydrogens (tertiary/aromatic N) is 7. The van der Waals surface area contributed by atoms with Crippen LogP contribution >= 0.6 is 0 Å². The third-order valence-electron chi connectivity index (χ3n) is 6.27. The second kappa shape index (κ2) is 8.39. The average molecular weight is 537 g/mol. The number of hydrogen-bond donors (Lipinski definition) is 2. The predicted octanol–water partition coefficient (Wildman–Crippen LogP) is 3.78. The SMILES string of the molecule is CNc1nc(-c2nn(CCC(F)(F)C(F)(F)F)c3ncc(C)cc23)nc2c1C(C)(c1nnc(C)o1)C(=O)N2. The molecule has 5 heterocycles. The van der Waals surface area contributed by atoms with Crippen LogP contribution in [0, 0.1) is 13.8 Å². The zero-order valence-corrected chi connectivity index (χ0v) is 20.4. The molecule has 1 atom stereocenters. The van der Waals surface area contributed by atoms with Crippen LogP contribution < -0.4 is 10.6 Å². The van der Waals surface area contributed by atoms with Gasteiger partial charge in [0.05, 0.1) is 10.9 Å². The number of fused-ring (bicyclic) bond motifs is 2. The van der Waals surface area contributed by atoms with Crippen molar-refractivity contribution in [1.29, 1.82) is 0 Å². The summed E-state index contributed by atoms with van der Waals surface area (Å²) in [6, 6.07) is 1.64. The molecule has 1 amide bonds. The average Bonchev–Trinajstić information content (AvgIpc) is 3.51. The highest BCUT2D eigenvalue weighted by atomic mass is 19.4. The summed E-state index contributed by atoms with van der Waals surface area (Å²) in [5.74, 6) is -4.81. The molecular weight excluding hydrogens is 517 g/mol. The van der Waals surface area contributed by atoms with Crippen LogP contribution in [0.2, 0.25) is 0 Å². The Balaban J connectivity index is 1.63. The smallest absolute Gasteiger partial charge is 0.424 e. The van der Waals surface area contributed by atoms with Gasteiger partial charge in [0.15, 0.2) is 16.9 Å². The van der Waals surface area contributed by atoms with E-state index >= 15 is 0 Å². The van der Waals surface area contributed by atoms with Crippen LogP contribution in [0.25, 0.3) is 22.6 Å². The quantitative estimate of drug-likeness (QED) is 0.352. The Morgan fingerprint density at radius 1 is 1.16 bits per heavy atom. The molecule has 0 saturated carbocycles. The molecule has 16 heteroatoms. The van der Waals surface area contributed by atoms with Gasteiger partial charge in [0, 0.05) is 33.1 Å². The van der Waals surface area contributed by atoms with Crippen molar-refractivity contribution in [1.82, 2.24) is 34.9 Å². The number of carbonyl (C=O) groups is 1. The summed E-state index contributed by atoms with van der Waals surface area (Å²) in [6.07, 6.45) is -5.80. The number of halogens is 5. The molecule has 1 aliphatic rings. The molecule has 1 aliphatic heterocycles. The third kappa shape index (κ3) is 3.81. The number of anilines is 2. The summed E-state index contributed by atoms with van der Waals surface area (Å²) in [4.78, 5) is 26.2. The Hall–Kier alpha value is -4.24. The molecule has 2 N–H and O–H groups in total. The van der Waals surface area contributed by atoms with E-state index < -0.39 is 36.4 Å². The monoisotopic (exact) mass is 537 g/mol. The van der Waals surface area contributed by atoms with Crippen molar-refractivity contribution >= 4 is 28.6 Å². The first kappa shape index (κ1) is 25.4. The highest BCUT2D eigenvalue weighted by Gasteiger charge is 2.57. The van der Waals surface area contributed by atoms with E-state index in [1.807, 2.05) is 0 Å². The number of rotatable bonds is 6. The van der Waals surface area contributed by atoms with Crippen molar-refractivity contribution in [2.24, 2.45) is 0 Å². The minimum atomic E-state index is -5.70. The van der Waals surface area contributed by atoms with Crippen LogP contribution in [0.3, 0.4) is 0 Å². The van der Waals surface area contributed by atoms with Gasteiger partial charge in [-0.2, -0.15) is 27.1 Å². The fraction of sp³-hybridized carbons (Fsp3) is 0.409. The molecule has 11 nitrogen and oxygen atoms in total. The van der Waals surface area contributed by atoms with Gasteiger partial charge in [-0.1, -0.05) is 0 Å². The zero-order valence-electron chi connectivity index (χ0n) is 20.4. The fourth-order valence-electron chi connectivity index (χ4n) is 4.23. The topological polar surface area (TPSA) is 137 Å². The molecule has 5 rings (SSSR count). The Kier molecular flexibility index (Phi) is 5.61. The van der Waals surface area contributed by atoms with Crippen LogP contribution in [0.15, 0.2) is 16.7 Å². The first-order valence-corrected chi connectivity index (χ1v) is 11.3. The number of amides is 1. The van der Waals surface area contributed by atoms with E-state index in [9.17, 15) is 26.7 Å². The molecule has 0 bridgehead atoms. The number of aromatic nitrogens is 7. The maximum absolute atomic E-state index is 13.6. The predicted molar refractivity (Wildman–Crippen MR) is 123 cm³/mol. The number of nitrogens with one attached hydrogen (secondary N) is 2. The molecule has 0 aliphatic carbocycles. The standard InChI is InChI=1S/C22H20F5N9O2/c1-9-7-11-13(35-36(17(11)29-8-9)6-5-21(23,24)22(25,26)27)16-30-14(28-4)12-15(31-16)32-18(37)20(12,3)19-34-33-10(2)38-19/h7-8H,5-6H2,1-4H3,(H2,28,30,31,32,37). The van der Waals surface area contributed by atoms with Gasteiger partial charge in [-0.3, -0.25) is 4.79 Å². The lowest BCUT2D eigenvalue weighted by molar-refractivity contribution is -0.285. The maximum atomic E-state index is 13.6. The number of carbonyl (C=O) groups excluding carboxylic acids is 1. The van der Waals surface area contributed by atoms with Crippen LogP contribution in [0.5, 0.6) is 0 Å². The van der Waals surface area contributed by atoms with Crippen molar-refractivity contribution in [2.45, 2.75) is 51.3 Å². The van der Waals surface area contributed by atoms with Crippen LogP contribution in [-0.2, 0) is 16.8 Å². The summed E-state index contributed by atoms with van der Waals surface area (Å²) in [6.45, 7) is 4.11. The Labute approximate surface area is 210 Å². The zero-order chi connectivity index (χ0) is 27.6. The second-order valence-electron chi connectivity index (χ2n) is 8.98.